The number of hydrogen-bond donors (Lipinski definition) is 1. The van der Waals surface area contributed by atoms with Crippen molar-refractivity contribution in [2.24, 2.45) is 0 Å². The van der Waals surface area contributed by atoms with Crippen molar-refractivity contribution in [3.05, 3.63) is 0 Å². The van der Waals surface area contributed by atoms with Crippen LogP contribution in [0.1, 0.15) is 33.1 Å². The molecule has 16 heavy (non-hydrogen) atoms. The van der Waals surface area contributed by atoms with E-state index in [0.29, 0.717) is 12.6 Å². The van der Waals surface area contributed by atoms with E-state index in [1.54, 1.807) is 7.11 Å². The molecule has 0 aromatic heterocycles. The number of carbonyl (C=O) groups is 1. The smallest absolute Gasteiger partial charge is 0.236 e. The van der Waals surface area contributed by atoms with Gasteiger partial charge in [-0.05, 0) is 33.1 Å². The molecule has 0 spiro atoms. The molecule has 1 aliphatic rings. The second kappa shape index (κ2) is 6.86. The Kier molecular flexibility index (Phi) is 5.77. The summed E-state index contributed by atoms with van der Waals surface area (Å²) in [6, 6.07) is 0.351. The highest BCUT2D eigenvalue weighted by Gasteiger charge is 2.27. The van der Waals surface area contributed by atoms with Crippen molar-refractivity contribution in [1.82, 2.24) is 10.2 Å². The normalized spacial score (nSPS) is 24.7. The van der Waals surface area contributed by atoms with Gasteiger partial charge < -0.3 is 15.0 Å². The van der Waals surface area contributed by atoms with Crippen molar-refractivity contribution >= 4 is 5.91 Å². The largest absolute Gasteiger partial charge is 0.380 e. The minimum atomic E-state index is 0.187. The molecule has 1 fully saturated rings. The van der Waals surface area contributed by atoms with Crippen LogP contribution in [0, 0.1) is 0 Å². The minimum Gasteiger partial charge on any atom is -0.380 e. The summed E-state index contributed by atoms with van der Waals surface area (Å²) in [6.07, 6.45) is 3.69. The number of ether oxygens (including phenoxy) is 1. The van der Waals surface area contributed by atoms with E-state index in [4.69, 9.17) is 4.74 Å². The monoisotopic (exact) mass is 228 g/mol. The summed E-state index contributed by atoms with van der Waals surface area (Å²) in [5, 5.41) is 3.32. The van der Waals surface area contributed by atoms with Crippen LogP contribution in [-0.2, 0) is 9.53 Å². The summed E-state index contributed by atoms with van der Waals surface area (Å²) in [5.74, 6) is 0.187. The minimum absolute atomic E-state index is 0.187. The number of methoxy groups -OCH3 is 1. The Morgan fingerprint density at radius 3 is 2.62 bits per heavy atom. The van der Waals surface area contributed by atoms with Crippen LogP contribution >= 0.6 is 0 Å². The quantitative estimate of drug-likeness (QED) is 0.738. The first-order valence-electron chi connectivity index (χ1n) is 6.26. The Morgan fingerprint density at radius 2 is 2.06 bits per heavy atom. The molecule has 0 aromatic rings. The fourth-order valence-electron chi connectivity index (χ4n) is 2.35. The van der Waals surface area contributed by atoms with Gasteiger partial charge in [-0.15, -0.1) is 0 Å². The van der Waals surface area contributed by atoms with Gasteiger partial charge in [-0.1, -0.05) is 0 Å². The molecule has 1 saturated carbocycles. The summed E-state index contributed by atoms with van der Waals surface area (Å²) in [7, 11) is 1.75. The van der Waals surface area contributed by atoms with Gasteiger partial charge in [0.15, 0.2) is 0 Å². The number of nitrogens with zero attached hydrogens (tertiary/aromatic N) is 1. The number of carbonyl (C=O) groups excluding carboxylic acids is 1. The van der Waals surface area contributed by atoms with E-state index >= 15 is 0 Å². The van der Waals surface area contributed by atoms with E-state index in [1.807, 2.05) is 18.7 Å². The summed E-state index contributed by atoms with van der Waals surface area (Å²) in [5.41, 5.74) is 0. The van der Waals surface area contributed by atoms with E-state index in [0.717, 1.165) is 25.9 Å². The maximum absolute atomic E-state index is 11.8. The second-order valence-corrected chi connectivity index (χ2v) is 4.26. The van der Waals surface area contributed by atoms with Gasteiger partial charge in [0.25, 0.3) is 0 Å². The maximum Gasteiger partial charge on any atom is 0.236 e. The average Bonchev–Trinajstić information content (AvgIpc) is 2.75. The first kappa shape index (κ1) is 13.5. The molecule has 0 radical (unpaired) electrons. The van der Waals surface area contributed by atoms with Gasteiger partial charge >= 0.3 is 0 Å². The maximum atomic E-state index is 11.8. The molecule has 1 amide bonds. The third kappa shape index (κ3) is 3.46. The fourth-order valence-corrected chi connectivity index (χ4v) is 2.35. The average molecular weight is 228 g/mol. The third-order valence-corrected chi connectivity index (χ3v) is 3.39. The van der Waals surface area contributed by atoms with Gasteiger partial charge in [0.2, 0.25) is 5.91 Å². The van der Waals surface area contributed by atoms with Gasteiger partial charge in [0, 0.05) is 26.2 Å². The van der Waals surface area contributed by atoms with E-state index in [2.05, 4.69) is 5.32 Å². The number of nitrogens with one attached hydrogen (secondary N) is 1. The molecule has 1 rings (SSSR count). The van der Waals surface area contributed by atoms with Crippen LogP contribution in [-0.4, -0.2) is 49.7 Å². The van der Waals surface area contributed by atoms with E-state index in [9.17, 15) is 4.79 Å². The van der Waals surface area contributed by atoms with Gasteiger partial charge in [-0.3, -0.25) is 4.79 Å². The molecule has 0 aromatic carbocycles. The van der Waals surface area contributed by atoms with Crippen LogP contribution in [0.4, 0.5) is 0 Å². The molecule has 4 nitrogen and oxygen atoms in total. The highest BCUT2D eigenvalue weighted by atomic mass is 16.5. The summed E-state index contributed by atoms with van der Waals surface area (Å²) in [6.45, 7) is 6.03. The molecule has 94 valence electrons. The number of likely N-dealkylation sites (N-methyl/N-ethyl adjacent to an activating group) is 1. The molecular weight excluding hydrogens is 204 g/mol. The lowest BCUT2D eigenvalue weighted by atomic mass is 10.2. The van der Waals surface area contributed by atoms with Gasteiger partial charge in [0.05, 0.1) is 12.6 Å². The highest BCUT2D eigenvalue weighted by Crippen LogP contribution is 2.21. The molecule has 4 heteroatoms. The lowest BCUT2D eigenvalue weighted by Gasteiger charge is -2.23. The van der Waals surface area contributed by atoms with Crippen molar-refractivity contribution < 1.29 is 9.53 Å². The Hall–Kier alpha value is -0.610. The number of hydrogen-bond acceptors (Lipinski definition) is 3. The van der Waals surface area contributed by atoms with Crippen molar-refractivity contribution in [3.63, 3.8) is 0 Å². The topological polar surface area (TPSA) is 41.6 Å². The van der Waals surface area contributed by atoms with Crippen molar-refractivity contribution in [2.75, 3.05) is 26.7 Å². The fraction of sp³-hybridized carbons (Fsp3) is 0.917. The van der Waals surface area contributed by atoms with Crippen LogP contribution in [0.3, 0.4) is 0 Å². The van der Waals surface area contributed by atoms with Crippen molar-refractivity contribution in [3.8, 4) is 0 Å². The van der Waals surface area contributed by atoms with E-state index in [1.165, 1.54) is 6.42 Å². The molecule has 1 aliphatic carbocycles. The van der Waals surface area contributed by atoms with Gasteiger partial charge in [-0.25, -0.2) is 0 Å². The van der Waals surface area contributed by atoms with Crippen LogP contribution in [0.25, 0.3) is 0 Å². The Morgan fingerprint density at radius 1 is 1.38 bits per heavy atom. The zero-order valence-corrected chi connectivity index (χ0v) is 10.7. The van der Waals surface area contributed by atoms with Crippen molar-refractivity contribution in [2.45, 2.75) is 45.3 Å². The zero-order chi connectivity index (χ0) is 12.0. The molecule has 0 saturated heterocycles. The Labute approximate surface area is 98.3 Å². The summed E-state index contributed by atoms with van der Waals surface area (Å²) in [4.78, 5) is 13.6. The molecule has 2 atom stereocenters. The van der Waals surface area contributed by atoms with Gasteiger partial charge in [0.1, 0.15) is 0 Å². The molecular formula is C12H24N2O2. The van der Waals surface area contributed by atoms with Gasteiger partial charge in [-0.2, -0.15) is 0 Å². The number of amides is 1. The molecule has 0 bridgehead atoms. The first-order valence-corrected chi connectivity index (χ1v) is 6.26. The molecule has 1 N–H and O–H groups in total. The van der Waals surface area contributed by atoms with Crippen molar-refractivity contribution in [1.29, 1.82) is 0 Å². The summed E-state index contributed by atoms with van der Waals surface area (Å²) >= 11 is 0. The van der Waals surface area contributed by atoms with Crippen LogP contribution < -0.4 is 5.32 Å². The van der Waals surface area contributed by atoms with Crippen LogP contribution in [0.15, 0.2) is 0 Å². The van der Waals surface area contributed by atoms with E-state index in [-0.39, 0.29) is 12.0 Å². The summed E-state index contributed by atoms with van der Waals surface area (Å²) < 4.78 is 5.38. The SMILES string of the molecule is CCN(CC)C(=O)CNC1CCCC1OC. The Bertz CT molecular complexity index is 217. The molecule has 2 unspecified atom stereocenters. The standard InChI is InChI=1S/C12H24N2O2/c1-4-14(5-2)12(15)9-13-10-7-6-8-11(10)16-3/h10-11,13H,4-9H2,1-3H3. The molecule has 0 aliphatic heterocycles. The predicted molar refractivity (Wildman–Crippen MR) is 64.4 cm³/mol. The lowest BCUT2D eigenvalue weighted by Crippen LogP contribution is -2.44. The first-order chi connectivity index (χ1) is 7.72. The second-order valence-electron chi connectivity index (χ2n) is 4.26. The number of rotatable bonds is 6. The van der Waals surface area contributed by atoms with Crippen LogP contribution in [0.2, 0.25) is 0 Å². The van der Waals surface area contributed by atoms with E-state index < -0.39 is 0 Å². The molecule has 0 heterocycles. The highest BCUT2D eigenvalue weighted by molar-refractivity contribution is 5.78. The lowest BCUT2D eigenvalue weighted by molar-refractivity contribution is -0.130. The van der Waals surface area contributed by atoms with Crippen LogP contribution in [0.5, 0.6) is 0 Å². The predicted octanol–water partition coefficient (Wildman–Crippen LogP) is 1.01. The third-order valence-electron chi connectivity index (χ3n) is 3.39. The zero-order valence-electron chi connectivity index (χ0n) is 10.7. The Balaban J connectivity index is 2.30.